The van der Waals surface area contributed by atoms with Crippen molar-refractivity contribution in [3.8, 4) is 11.5 Å². The number of hydrogen-bond donors (Lipinski definition) is 1. The van der Waals surface area contributed by atoms with Gasteiger partial charge in [-0.15, -0.1) is 0 Å². The highest BCUT2D eigenvalue weighted by Gasteiger charge is 2.29. The van der Waals surface area contributed by atoms with E-state index in [0.29, 0.717) is 23.7 Å². The van der Waals surface area contributed by atoms with Crippen LogP contribution in [0.25, 0.3) is 0 Å². The van der Waals surface area contributed by atoms with Gasteiger partial charge in [-0.1, -0.05) is 6.92 Å². The van der Waals surface area contributed by atoms with E-state index in [9.17, 15) is 4.79 Å². The van der Waals surface area contributed by atoms with Gasteiger partial charge in [-0.3, -0.25) is 9.78 Å². The molecule has 5 nitrogen and oxygen atoms in total. The van der Waals surface area contributed by atoms with Crippen molar-refractivity contribution in [3.05, 3.63) is 41.9 Å². The fourth-order valence-electron chi connectivity index (χ4n) is 2.32. The molecule has 0 unspecified atom stereocenters. The van der Waals surface area contributed by atoms with Crippen molar-refractivity contribution in [2.24, 2.45) is 5.92 Å². The number of ether oxygens (including phenoxy) is 1. The highest BCUT2D eigenvalue weighted by Crippen LogP contribution is 2.31. The summed E-state index contributed by atoms with van der Waals surface area (Å²) in [5.74, 6) is 2.34. The maximum atomic E-state index is 11.9. The molecule has 1 aliphatic carbocycles. The standard InChI is InChI=1S/C17H19N3O2/c1-2-11-7-15(10-20-17(11)18)22-14-5-6-19-13(8-14)9-16(21)12-3-4-12/h5-8,10,12H,2-4,9H2,1H3,(H2,18,20). The Morgan fingerprint density at radius 3 is 2.86 bits per heavy atom. The van der Waals surface area contributed by atoms with E-state index in [4.69, 9.17) is 10.5 Å². The minimum absolute atomic E-state index is 0.250. The summed E-state index contributed by atoms with van der Waals surface area (Å²) in [4.78, 5) is 20.2. The monoisotopic (exact) mass is 297 g/mol. The second-order valence-corrected chi connectivity index (χ2v) is 5.57. The largest absolute Gasteiger partial charge is 0.456 e. The third-order valence-corrected chi connectivity index (χ3v) is 3.77. The fourth-order valence-corrected chi connectivity index (χ4v) is 2.32. The van der Waals surface area contributed by atoms with Crippen molar-refractivity contribution in [2.45, 2.75) is 32.6 Å². The highest BCUT2D eigenvalue weighted by atomic mass is 16.5. The molecule has 2 heterocycles. The normalized spacial score (nSPS) is 13.9. The van der Waals surface area contributed by atoms with Gasteiger partial charge in [0, 0.05) is 24.6 Å². The SMILES string of the molecule is CCc1cc(Oc2ccnc(CC(=O)C3CC3)c2)cnc1N. The Bertz CT molecular complexity index is 696. The highest BCUT2D eigenvalue weighted by molar-refractivity contribution is 5.84. The summed E-state index contributed by atoms with van der Waals surface area (Å²) in [5.41, 5.74) is 7.49. The van der Waals surface area contributed by atoms with Gasteiger partial charge < -0.3 is 10.5 Å². The topological polar surface area (TPSA) is 78.1 Å². The van der Waals surface area contributed by atoms with Crippen molar-refractivity contribution in [1.29, 1.82) is 0 Å². The van der Waals surface area contributed by atoms with E-state index in [-0.39, 0.29) is 11.7 Å². The molecule has 0 spiro atoms. The third-order valence-electron chi connectivity index (χ3n) is 3.77. The van der Waals surface area contributed by atoms with E-state index < -0.39 is 0 Å². The number of pyridine rings is 2. The second kappa shape index (κ2) is 6.13. The summed E-state index contributed by atoms with van der Waals surface area (Å²) in [7, 11) is 0. The van der Waals surface area contributed by atoms with Crippen molar-refractivity contribution >= 4 is 11.6 Å². The van der Waals surface area contributed by atoms with E-state index in [0.717, 1.165) is 30.5 Å². The predicted octanol–water partition coefficient (Wildman–Crippen LogP) is 2.94. The number of hydrogen-bond acceptors (Lipinski definition) is 5. The Hall–Kier alpha value is -2.43. The van der Waals surface area contributed by atoms with Gasteiger partial charge in [0.25, 0.3) is 0 Å². The molecule has 2 N–H and O–H groups in total. The van der Waals surface area contributed by atoms with E-state index in [1.54, 1.807) is 18.5 Å². The first-order valence-corrected chi connectivity index (χ1v) is 7.55. The molecule has 3 rings (SSSR count). The van der Waals surface area contributed by atoms with Crippen LogP contribution in [0.5, 0.6) is 11.5 Å². The Morgan fingerprint density at radius 1 is 1.32 bits per heavy atom. The Kier molecular flexibility index (Phi) is 4.04. The molecule has 2 aromatic heterocycles. The van der Waals surface area contributed by atoms with Gasteiger partial charge in [-0.2, -0.15) is 0 Å². The van der Waals surface area contributed by atoms with Gasteiger partial charge in [-0.05, 0) is 37.0 Å². The summed E-state index contributed by atoms with van der Waals surface area (Å²) >= 11 is 0. The minimum Gasteiger partial charge on any atom is -0.456 e. The van der Waals surface area contributed by atoms with Gasteiger partial charge >= 0.3 is 0 Å². The molecule has 0 aromatic carbocycles. The average Bonchev–Trinajstić information content (AvgIpc) is 3.34. The molecule has 114 valence electrons. The number of Topliss-reactive ketones (excluding diaryl/α,β-unsaturated/α-hetero) is 1. The Morgan fingerprint density at radius 2 is 2.14 bits per heavy atom. The molecule has 2 aromatic rings. The minimum atomic E-state index is 0.250. The maximum absolute atomic E-state index is 11.9. The average molecular weight is 297 g/mol. The van der Waals surface area contributed by atoms with Crippen molar-refractivity contribution in [3.63, 3.8) is 0 Å². The Labute approximate surface area is 129 Å². The molecule has 0 bridgehead atoms. The summed E-state index contributed by atoms with van der Waals surface area (Å²) < 4.78 is 5.80. The predicted molar refractivity (Wildman–Crippen MR) is 83.8 cm³/mol. The van der Waals surface area contributed by atoms with Gasteiger partial charge in [0.1, 0.15) is 23.1 Å². The number of carbonyl (C=O) groups excluding carboxylic acids is 1. The van der Waals surface area contributed by atoms with Crippen molar-refractivity contribution in [2.75, 3.05) is 5.73 Å². The zero-order valence-corrected chi connectivity index (χ0v) is 12.6. The maximum Gasteiger partial charge on any atom is 0.146 e. The van der Waals surface area contributed by atoms with Crippen LogP contribution in [0.3, 0.4) is 0 Å². The van der Waals surface area contributed by atoms with Crippen LogP contribution in [0.4, 0.5) is 5.82 Å². The van der Waals surface area contributed by atoms with Crippen LogP contribution >= 0.6 is 0 Å². The lowest BCUT2D eigenvalue weighted by Gasteiger charge is -2.09. The molecular weight excluding hydrogens is 278 g/mol. The molecular formula is C17H19N3O2. The van der Waals surface area contributed by atoms with Crippen LogP contribution in [0.1, 0.15) is 31.0 Å². The van der Waals surface area contributed by atoms with Gasteiger partial charge in [0.05, 0.1) is 11.9 Å². The van der Waals surface area contributed by atoms with Gasteiger partial charge in [0.2, 0.25) is 0 Å². The first-order chi connectivity index (χ1) is 10.7. The van der Waals surface area contributed by atoms with Crippen LogP contribution in [-0.2, 0) is 17.6 Å². The Balaban J connectivity index is 1.73. The first-order valence-electron chi connectivity index (χ1n) is 7.55. The smallest absolute Gasteiger partial charge is 0.146 e. The lowest BCUT2D eigenvalue weighted by molar-refractivity contribution is -0.119. The molecule has 1 saturated carbocycles. The lowest BCUT2D eigenvalue weighted by Crippen LogP contribution is -2.06. The number of nitrogen functional groups attached to an aromatic ring is 1. The van der Waals surface area contributed by atoms with Crippen molar-refractivity contribution < 1.29 is 9.53 Å². The number of ketones is 1. The molecule has 0 aliphatic heterocycles. The van der Waals surface area contributed by atoms with Crippen LogP contribution in [0.15, 0.2) is 30.6 Å². The molecule has 22 heavy (non-hydrogen) atoms. The number of nitrogens with two attached hydrogens (primary N) is 1. The van der Waals surface area contributed by atoms with Crippen molar-refractivity contribution in [1.82, 2.24) is 9.97 Å². The number of nitrogens with zero attached hydrogens (tertiary/aromatic N) is 2. The number of rotatable bonds is 6. The molecule has 0 radical (unpaired) electrons. The third kappa shape index (κ3) is 3.42. The first kappa shape index (κ1) is 14.5. The molecule has 0 atom stereocenters. The molecule has 1 fully saturated rings. The van der Waals surface area contributed by atoms with Crippen LogP contribution < -0.4 is 10.5 Å². The lowest BCUT2D eigenvalue weighted by atomic mass is 10.1. The van der Waals surface area contributed by atoms with Gasteiger partial charge in [0.15, 0.2) is 0 Å². The number of carbonyl (C=O) groups is 1. The van der Waals surface area contributed by atoms with E-state index in [2.05, 4.69) is 9.97 Å². The number of anilines is 1. The quantitative estimate of drug-likeness (QED) is 0.887. The summed E-state index contributed by atoms with van der Waals surface area (Å²) in [6, 6.07) is 5.47. The van der Waals surface area contributed by atoms with Crippen LogP contribution in [-0.4, -0.2) is 15.8 Å². The number of aromatic nitrogens is 2. The summed E-state index contributed by atoms with van der Waals surface area (Å²) in [5, 5.41) is 0. The summed E-state index contributed by atoms with van der Waals surface area (Å²) in [6.45, 7) is 2.02. The van der Waals surface area contributed by atoms with E-state index in [1.807, 2.05) is 19.1 Å². The molecule has 5 heteroatoms. The van der Waals surface area contributed by atoms with Gasteiger partial charge in [-0.25, -0.2) is 4.98 Å². The van der Waals surface area contributed by atoms with E-state index in [1.165, 1.54) is 0 Å². The van der Waals surface area contributed by atoms with Crippen LogP contribution in [0.2, 0.25) is 0 Å². The zero-order chi connectivity index (χ0) is 15.5. The number of aryl methyl sites for hydroxylation is 1. The molecule has 0 saturated heterocycles. The summed E-state index contributed by atoms with van der Waals surface area (Å²) in [6.07, 6.45) is 6.48. The fraction of sp³-hybridized carbons (Fsp3) is 0.353. The molecule has 1 aliphatic rings. The second-order valence-electron chi connectivity index (χ2n) is 5.57. The van der Waals surface area contributed by atoms with Crippen LogP contribution in [0, 0.1) is 5.92 Å². The zero-order valence-electron chi connectivity index (χ0n) is 12.6. The van der Waals surface area contributed by atoms with E-state index >= 15 is 0 Å². The molecule has 0 amide bonds.